The number of thiazole rings is 2. The second-order valence-corrected chi connectivity index (χ2v) is 18.2. The molecular formula is C42H48F3IrN4O2S3-. The van der Waals surface area contributed by atoms with Crippen molar-refractivity contribution in [2.75, 3.05) is 0 Å². The summed E-state index contributed by atoms with van der Waals surface area (Å²) in [6.45, 7) is 17.1. The molecule has 0 saturated heterocycles. The predicted molar refractivity (Wildman–Crippen MR) is 220 cm³/mol. The number of aromatic nitrogens is 4. The van der Waals surface area contributed by atoms with Gasteiger partial charge in [-0.1, -0.05) is 114 Å². The van der Waals surface area contributed by atoms with Crippen LogP contribution in [0.4, 0.5) is 13.2 Å². The van der Waals surface area contributed by atoms with E-state index in [-0.39, 0.29) is 55.3 Å². The smallest absolute Gasteiger partial charge is 0.394 e. The number of nitrogens with zero attached hydrogens (tertiary/aromatic N) is 4. The van der Waals surface area contributed by atoms with Crippen LogP contribution in [0.15, 0.2) is 53.9 Å². The molecule has 6 rings (SSSR count). The van der Waals surface area contributed by atoms with Crippen molar-refractivity contribution in [1.29, 1.82) is 0 Å². The number of rotatable bonds is 11. The Morgan fingerprint density at radius 2 is 1.55 bits per heavy atom. The number of alkyl halides is 3. The molecule has 0 aliphatic rings. The number of hydrogen-bond donors (Lipinski definition) is 1. The fraction of sp³-hybridized carbons (Fsp3) is 0.452. The zero-order valence-corrected chi connectivity index (χ0v) is 37.5. The number of thiophene rings is 1. The molecule has 0 aliphatic carbocycles. The zero-order valence-electron chi connectivity index (χ0n) is 32.6. The van der Waals surface area contributed by atoms with Crippen molar-refractivity contribution in [3.05, 3.63) is 70.5 Å². The second kappa shape index (κ2) is 18.0. The molecule has 55 heavy (non-hydrogen) atoms. The average molecular weight is 986 g/mol. The Labute approximate surface area is 347 Å². The van der Waals surface area contributed by atoms with Crippen molar-refractivity contribution >= 4 is 70.4 Å². The fourth-order valence-corrected chi connectivity index (χ4v) is 9.69. The summed E-state index contributed by atoms with van der Waals surface area (Å²) in [6, 6.07) is 14.0. The molecule has 1 radical (unpaired) electrons. The molecule has 6 aromatic rings. The molecule has 0 unspecified atom stereocenters. The summed E-state index contributed by atoms with van der Waals surface area (Å²) in [5.41, 5.74) is 2.72. The number of aliphatic hydroxyl groups is 1. The summed E-state index contributed by atoms with van der Waals surface area (Å²) in [4.78, 5) is 31.5. The number of carbonyl (C=O) groups is 1. The minimum absolute atomic E-state index is 0. The minimum atomic E-state index is -4.30. The molecule has 0 saturated carbocycles. The van der Waals surface area contributed by atoms with Crippen LogP contribution in [0.1, 0.15) is 98.6 Å². The van der Waals surface area contributed by atoms with E-state index in [1.807, 2.05) is 45.2 Å². The van der Waals surface area contributed by atoms with Crippen LogP contribution in [0.2, 0.25) is 0 Å². The molecule has 297 valence electrons. The molecule has 0 amide bonds. The molecule has 2 aromatic carbocycles. The maximum absolute atomic E-state index is 13.4. The molecule has 0 bridgehead atoms. The van der Waals surface area contributed by atoms with Crippen LogP contribution >= 0.6 is 34.0 Å². The summed E-state index contributed by atoms with van der Waals surface area (Å²) in [6.07, 6.45) is 2.01. The van der Waals surface area contributed by atoms with Gasteiger partial charge in [-0.15, -0.1) is 40.5 Å². The van der Waals surface area contributed by atoms with Crippen molar-refractivity contribution in [2.24, 2.45) is 17.3 Å². The number of ketones is 1. The van der Waals surface area contributed by atoms with E-state index in [1.165, 1.54) is 53.5 Å². The number of halogens is 3. The van der Waals surface area contributed by atoms with Gasteiger partial charge in [-0.25, -0.2) is 15.0 Å². The Morgan fingerprint density at radius 3 is 2.15 bits per heavy atom. The van der Waals surface area contributed by atoms with Gasteiger partial charge < -0.3 is 5.11 Å². The average Bonchev–Trinajstić information content (AvgIpc) is 3.81. The summed E-state index contributed by atoms with van der Waals surface area (Å²) in [7, 11) is 0. The van der Waals surface area contributed by atoms with E-state index >= 15 is 0 Å². The summed E-state index contributed by atoms with van der Waals surface area (Å²) in [5, 5.41) is 15.2. The van der Waals surface area contributed by atoms with Gasteiger partial charge in [0.2, 0.25) is 0 Å². The number of hydrogen-bond acceptors (Lipinski definition) is 9. The Bertz CT molecular complexity index is 2250. The normalized spacial score (nSPS) is 12.8. The van der Waals surface area contributed by atoms with Gasteiger partial charge >= 0.3 is 6.18 Å². The molecule has 0 aliphatic heterocycles. The molecule has 4 heterocycles. The van der Waals surface area contributed by atoms with Gasteiger partial charge in [0.25, 0.3) is 0 Å². The largest absolute Gasteiger partial charge is 0.512 e. The summed E-state index contributed by atoms with van der Waals surface area (Å²) in [5.74, 6) is 0.547. The van der Waals surface area contributed by atoms with Gasteiger partial charge in [0.15, 0.2) is 15.4 Å². The minimum Gasteiger partial charge on any atom is -0.512 e. The van der Waals surface area contributed by atoms with Gasteiger partial charge in [0.1, 0.15) is 11.3 Å². The van der Waals surface area contributed by atoms with Gasteiger partial charge in [-0.2, -0.15) is 13.2 Å². The molecule has 0 atom stereocenters. The fourth-order valence-electron chi connectivity index (χ4n) is 6.30. The summed E-state index contributed by atoms with van der Waals surface area (Å²) < 4.78 is 41.0. The van der Waals surface area contributed by atoms with Crippen LogP contribution in [-0.4, -0.2) is 37.0 Å². The molecule has 6 nitrogen and oxygen atoms in total. The number of aliphatic hydroxyl groups excluding tert-OH is 1. The van der Waals surface area contributed by atoms with Gasteiger partial charge in [-0.3, -0.25) is 9.78 Å². The van der Waals surface area contributed by atoms with Crippen LogP contribution in [0.5, 0.6) is 0 Å². The molecule has 1 N–H and O–H groups in total. The number of benzene rings is 2. The molecule has 13 heteroatoms. The topological polar surface area (TPSA) is 88.9 Å². The first-order valence-electron chi connectivity index (χ1n) is 18.4. The van der Waals surface area contributed by atoms with Crippen molar-refractivity contribution in [2.45, 2.75) is 106 Å². The first kappa shape index (κ1) is 44.6. The van der Waals surface area contributed by atoms with E-state index in [9.17, 15) is 23.1 Å². The maximum Gasteiger partial charge on any atom is 0.394 e. The quantitative estimate of drug-likeness (QED) is 0.0790. The van der Waals surface area contributed by atoms with E-state index in [0.717, 1.165) is 63.1 Å². The standard InChI is InChI=1S/C29H24F3N4S3.C13H24O2.Ir/c1-27(2,3)19-11-16(10-15-8-6-7-9-17(15)19)21-23-22(34-14-33-21)18(13-37-23)24-36-26-25(39-24)35-20(38-26)12-28(4,5)29(30,31)32;1-5-10(6-2)12(14)9-13(15)11(7-3)8-4;/h6-9,11,13-14H,12H2,1-5H3;9-11,14H,5-8H2,1-4H3;/q-1;;/b;12-9-;. The van der Waals surface area contributed by atoms with E-state index in [1.54, 1.807) is 17.7 Å². The van der Waals surface area contributed by atoms with E-state index < -0.39 is 11.6 Å². The van der Waals surface area contributed by atoms with E-state index in [0.29, 0.717) is 14.7 Å². The zero-order chi connectivity index (χ0) is 39.6. The first-order valence-corrected chi connectivity index (χ1v) is 20.9. The number of allylic oxidation sites excluding steroid dienone is 2. The van der Waals surface area contributed by atoms with Crippen LogP contribution < -0.4 is 0 Å². The van der Waals surface area contributed by atoms with Gasteiger partial charge in [0, 0.05) is 65.8 Å². The van der Waals surface area contributed by atoms with Crippen LogP contribution in [0.25, 0.3) is 52.5 Å². The Balaban J connectivity index is 0.000000360. The van der Waals surface area contributed by atoms with Crippen molar-refractivity contribution in [3.8, 4) is 21.8 Å². The van der Waals surface area contributed by atoms with Crippen LogP contribution in [0, 0.1) is 23.3 Å². The van der Waals surface area contributed by atoms with Crippen molar-refractivity contribution < 1.29 is 43.2 Å². The maximum atomic E-state index is 13.4. The monoisotopic (exact) mass is 986 g/mol. The van der Waals surface area contributed by atoms with Gasteiger partial charge in [0.05, 0.1) is 21.7 Å². The Kier molecular flexibility index (Phi) is 14.6. The van der Waals surface area contributed by atoms with Gasteiger partial charge in [-0.05, 0) is 31.1 Å². The third-order valence-electron chi connectivity index (χ3n) is 9.89. The van der Waals surface area contributed by atoms with E-state index in [4.69, 9.17) is 4.98 Å². The predicted octanol–water partition coefficient (Wildman–Crippen LogP) is 13.3. The second-order valence-electron chi connectivity index (χ2n) is 15.2. The number of fused-ring (bicyclic) bond motifs is 3. The van der Waals surface area contributed by atoms with E-state index in [2.05, 4.69) is 60.0 Å². The van der Waals surface area contributed by atoms with Crippen LogP contribution in [0.3, 0.4) is 0 Å². The third kappa shape index (κ3) is 9.90. The Hall–Kier alpha value is -3.09. The molecule has 0 fully saturated rings. The first-order chi connectivity index (χ1) is 25.4. The third-order valence-corrected chi connectivity index (χ3v) is 12.9. The molecular weight excluding hydrogens is 938 g/mol. The SMILES string of the molecule is CC(C)(C)c1cc(-c2ncnc3c(-c4nc5sc(CC(C)(C)C(F)(F)F)nc5s4)csc23)[c-]c2ccccc12.CCC(CC)C(=O)/C=C(\O)C(CC)CC.[Ir]. The summed E-state index contributed by atoms with van der Waals surface area (Å²) >= 11 is 4.16. The van der Waals surface area contributed by atoms with Crippen LogP contribution in [-0.2, 0) is 36.7 Å². The van der Waals surface area contributed by atoms with Crippen molar-refractivity contribution in [3.63, 3.8) is 0 Å². The molecule has 4 aromatic heterocycles. The Morgan fingerprint density at radius 1 is 0.909 bits per heavy atom. The van der Waals surface area contributed by atoms with Crippen molar-refractivity contribution in [1.82, 2.24) is 19.9 Å². The number of carbonyl (C=O) groups excluding carboxylic acids is 1. The molecule has 0 spiro atoms.